The normalized spacial score (nSPS) is 22.1. The highest BCUT2D eigenvalue weighted by molar-refractivity contribution is 5.25. The second-order valence-corrected chi connectivity index (χ2v) is 4.53. The van der Waals surface area contributed by atoms with Crippen molar-refractivity contribution in [1.82, 2.24) is 4.98 Å². The van der Waals surface area contributed by atoms with Crippen molar-refractivity contribution < 1.29 is 9.50 Å². The molecule has 0 radical (unpaired) electrons. The maximum Gasteiger partial charge on any atom is 0.147 e. The van der Waals surface area contributed by atoms with Crippen molar-refractivity contribution in [3.05, 3.63) is 41.5 Å². The van der Waals surface area contributed by atoms with Crippen LogP contribution in [-0.2, 0) is 0 Å². The summed E-state index contributed by atoms with van der Waals surface area (Å²) in [6.07, 6.45) is 10.5. The van der Waals surface area contributed by atoms with E-state index in [1.807, 2.05) is 0 Å². The zero-order chi connectivity index (χ0) is 12.1. The Morgan fingerprint density at radius 2 is 2.06 bits per heavy atom. The monoisotopic (exact) mass is 235 g/mol. The Bertz CT molecular complexity index is 403. The molecule has 0 aromatic carbocycles. The van der Waals surface area contributed by atoms with E-state index in [4.69, 9.17) is 0 Å². The molecule has 0 saturated heterocycles. The molecule has 2 rings (SSSR count). The van der Waals surface area contributed by atoms with E-state index in [1.165, 1.54) is 19.0 Å². The smallest absolute Gasteiger partial charge is 0.147 e. The van der Waals surface area contributed by atoms with Crippen LogP contribution in [0.2, 0.25) is 0 Å². The van der Waals surface area contributed by atoms with Gasteiger partial charge in [-0.2, -0.15) is 0 Å². The molecule has 0 fully saturated rings. The van der Waals surface area contributed by atoms with Gasteiger partial charge in [-0.25, -0.2) is 4.39 Å². The van der Waals surface area contributed by atoms with Gasteiger partial charge < -0.3 is 5.11 Å². The average molecular weight is 235 g/mol. The highest BCUT2D eigenvalue weighted by atomic mass is 19.1. The summed E-state index contributed by atoms with van der Waals surface area (Å²) in [6, 6.07) is 1.56. The molecule has 92 valence electrons. The van der Waals surface area contributed by atoms with Gasteiger partial charge in [-0.1, -0.05) is 18.9 Å². The second kappa shape index (κ2) is 5.92. The molecule has 1 heterocycles. The molecule has 1 atom stereocenters. The average Bonchev–Trinajstić information content (AvgIpc) is 2.28. The van der Waals surface area contributed by atoms with E-state index in [0.29, 0.717) is 5.56 Å². The van der Waals surface area contributed by atoms with Crippen molar-refractivity contribution in [3.63, 3.8) is 0 Å². The number of halogens is 1. The minimum absolute atomic E-state index is 0.340. The van der Waals surface area contributed by atoms with Crippen LogP contribution in [-0.4, -0.2) is 10.1 Å². The van der Waals surface area contributed by atoms with Crippen LogP contribution in [0.1, 0.15) is 50.2 Å². The third-order valence-electron chi connectivity index (χ3n) is 3.28. The lowest BCUT2D eigenvalue weighted by molar-refractivity contribution is 0.204. The Kier molecular flexibility index (Phi) is 4.26. The molecule has 3 heteroatoms. The largest absolute Gasteiger partial charge is 0.384 e. The summed E-state index contributed by atoms with van der Waals surface area (Å²) in [4.78, 5) is 3.70. The topological polar surface area (TPSA) is 33.1 Å². The van der Waals surface area contributed by atoms with Crippen molar-refractivity contribution in [2.75, 3.05) is 0 Å². The summed E-state index contributed by atoms with van der Waals surface area (Å²) in [5, 5.41) is 10.2. The molecule has 1 aromatic heterocycles. The van der Waals surface area contributed by atoms with Crippen molar-refractivity contribution >= 4 is 0 Å². The van der Waals surface area contributed by atoms with Crippen LogP contribution in [0.4, 0.5) is 4.39 Å². The predicted molar refractivity (Wildman–Crippen MR) is 64.9 cm³/mol. The molecule has 0 saturated carbocycles. The second-order valence-electron chi connectivity index (χ2n) is 4.53. The van der Waals surface area contributed by atoms with Crippen molar-refractivity contribution in [2.24, 2.45) is 0 Å². The van der Waals surface area contributed by atoms with Crippen molar-refractivity contribution in [3.8, 4) is 0 Å². The van der Waals surface area contributed by atoms with Gasteiger partial charge in [0.25, 0.3) is 0 Å². The summed E-state index contributed by atoms with van der Waals surface area (Å²) in [5.41, 5.74) is 1.29. The minimum atomic E-state index is -0.809. The first kappa shape index (κ1) is 12.2. The summed E-state index contributed by atoms with van der Waals surface area (Å²) < 4.78 is 13.5. The Morgan fingerprint density at radius 3 is 2.88 bits per heavy atom. The summed E-state index contributed by atoms with van der Waals surface area (Å²) in [5.74, 6) is -0.428. The van der Waals surface area contributed by atoms with Crippen LogP contribution in [0, 0.1) is 5.82 Å². The predicted octanol–water partition coefficient (Wildman–Crippen LogP) is 3.53. The van der Waals surface area contributed by atoms with Gasteiger partial charge >= 0.3 is 0 Å². The zero-order valence-electron chi connectivity index (χ0n) is 9.90. The summed E-state index contributed by atoms with van der Waals surface area (Å²) >= 11 is 0. The van der Waals surface area contributed by atoms with Gasteiger partial charge in [-0.3, -0.25) is 4.98 Å². The summed E-state index contributed by atoms with van der Waals surface area (Å²) in [7, 11) is 0. The Balaban J connectivity index is 2.18. The quantitative estimate of drug-likeness (QED) is 0.795. The number of aliphatic hydroxyl groups is 1. The first-order valence-electron chi connectivity index (χ1n) is 6.25. The first-order valence-corrected chi connectivity index (χ1v) is 6.25. The molecule has 0 bridgehead atoms. The number of aliphatic hydroxyl groups excluding tert-OH is 1. The first-order chi connectivity index (χ1) is 8.29. The number of allylic oxidation sites excluding steroid dienone is 1. The van der Waals surface area contributed by atoms with E-state index in [1.54, 1.807) is 6.07 Å². The molecule has 1 N–H and O–H groups in total. The number of aromatic nitrogens is 1. The van der Waals surface area contributed by atoms with E-state index in [2.05, 4.69) is 11.1 Å². The van der Waals surface area contributed by atoms with Crippen LogP contribution >= 0.6 is 0 Å². The fourth-order valence-electron chi connectivity index (χ4n) is 2.27. The third-order valence-corrected chi connectivity index (χ3v) is 3.28. The molecular weight excluding hydrogens is 217 g/mol. The third kappa shape index (κ3) is 3.13. The van der Waals surface area contributed by atoms with E-state index in [-0.39, 0.29) is 0 Å². The van der Waals surface area contributed by atoms with Gasteiger partial charge in [0, 0.05) is 11.8 Å². The molecule has 1 unspecified atom stereocenters. The highest BCUT2D eigenvalue weighted by Gasteiger charge is 2.17. The Labute approximate surface area is 101 Å². The lowest BCUT2D eigenvalue weighted by Gasteiger charge is -2.18. The highest BCUT2D eigenvalue weighted by Crippen LogP contribution is 2.29. The van der Waals surface area contributed by atoms with E-state index in [9.17, 15) is 9.50 Å². The fourth-order valence-corrected chi connectivity index (χ4v) is 2.27. The number of rotatable bonds is 2. The standard InChI is InChI=1S/C14H18FNO/c15-13-10-16-9-8-12(13)14(17)11-6-4-2-1-3-5-7-11/h6,8-10,14,17H,1-5,7H2/b11-6+. The maximum absolute atomic E-state index is 13.5. The Hall–Kier alpha value is -1.22. The zero-order valence-corrected chi connectivity index (χ0v) is 9.90. The molecule has 1 aliphatic rings. The maximum atomic E-state index is 13.5. The van der Waals surface area contributed by atoms with Crippen LogP contribution in [0.3, 0.4) is 0 Å². The van der Waals surface area contributed by atoms with Gasteiger partial charge in [0.2, 0.25) is 0 Å². The van der Waals surface area contributed by atoms with Gasteiger partial charge in [-0.05, 0) is 37.3 Å². The van der Waals surface area contributed by atoms with Crippen LogP contribution < -0.4 is 0 Å². The van der Waals surface area contributed by atoms with Crippen LogP contribution in [0.25, 0.3) is 0 Å². The van der Waals surface area contributed by atoms with E-state index >= 15 is 0 Å². The molecule has 0 spiro atoms. The number of hydrogen-bond donors (Lipinski definition) is 1. The molecule has 1 aliphatic carbocycles. The van der Waals surface area contributed by atoms with Crippen molar-refractivity contribution in [2.45, 2.75) is 44.6 Å². The van der Waals surface area contributed by atoms with E-state index < -0.39 is 11.9 Å². The van der Waals surface area contributed by atoms with Gasteiger partial charge in [0.05, 0.1) is 6.20 Å². The molecule has 2 nitrogen and oxygen atoms in total. The SMILES string of the molecule is OC(/C1=C/CCCCCC1)c1ccncc1F. The van der Waals surface area contributed by atoms with Crippen molar-refractivity contribution in [1.29, 1.82) is 0 Å². The molecular formula is C14H18FNO. The summed E-state index contributed by atoms with van der Waals surface area (Å²) in [6.45, 7) is 0. The minimum Gasteiger partial charge on any atom is -0.384 e. The number of nitrogens with zero attached hydrogens (tertiary/aromatic N) is 1. The Morgan fingerprint density at radius 1 is 1.24 bits per heavy atom. The van der Waals surface area contributed by atoms with Gasteiger partial charge in [-0.15, -0.1) is 0 Å². The number of pyridine rings is 1. The molecule has 0 amide bonds. The van der Waals surface area contributed by atoms with Crippen LogP contribution in [0.5, 0.6) is 0 Å². The molecule has 1 aromatic rings. The van der Waals surface area contributed by atoms with Gasteiger partial charge in [0.1, 0.15) is 11.9 Å². The van der Waals surface area contributed by atoms with Crippen LogP contribution in [0.15, 0.2) is 30.1 Å². The lowest BCUT2D eigenvalue weighted by atomic mass is 9.93. The molecule has 17 heavy (non-hydrogen) atoms. The van der Waals surface area contributed by atoms with Gasteiger partial charge in [0.15, 0.2) is 0 Å². The van der Waals surface area contributed by atoms with E-state index in [0.717, 1.165) is 37.5 Å². The lowest BCUT2D eigenvalue weighted by Crippen LogP contribution is -2.06. The fraction of sp³-hybridized carbons (Fsp3) is 0.500. The number of hydrogen-bond acceptors (Lipinski definition) is 2. The molecule has 0 aliphatic heterocycles.